The molecule has 0 aliphatic carbocycles. The first kappa shape index (κ1) is 25.7. The number of rotatable bonds is 4. The summed E-state index contributed by atoms with van der Waals surface area (Å²) >= 11 is 0. The van der Waals surface area contributed by atoms with E-state index < -0.39 is 18.2 Å². The number of benzene rings is 1. The summed E-state index contributed by atoms with van der Waals surface area (Å²) in [6.45, 7) is 22.6. The summed E-state index contributed by atoms with van der Waals surface area (Å²) in [7, 11) is -4.67. The summed E-state index contributed by atoms with van der Waals surface area (Å²) in [5, 5.41) is 0.0897. The molecule has 1 aromatic carbocycles. The highest BCUT2D eigenvalue weighted by Gasteiger charge is 2.51. The standard InChI is InChI=1S/C23H42BN3O3SSi/c1-21(2,3)32(9,10)25-31(8,28)27-17-15-26(16-18-27)20-13-11-19(12-14-20)24-29-22(4,5)23(6,7)30-24/h11-14H,15-18H2,1-10H3. The predicted molar refractivity (Wildman–Crippen MR) is 140 cm³/mol. The SMILES string of the molecule is CC1(C)OB(c2ccc(N3CCN(S(C)(=O)=N[Si](C)(C)C(C)(C)C)CC3)cc2)OC1(C)C. The Morgan fingerprint density at radius 2 is 1.44 bits per heavy atom. The van der Waals surface area contributed by atoms with Gasteiger partial charge in [0, 0.05) is 38.1 Å². The highest BCUT2D eigenvalue weighted by molar-refractivity contribution is 7.91. The second kappa shape index (κ2) is 8.41. The van der Waals surface area contributed by atoms with Gasteiger partial charge in [-0.05, 0) is 63.4 Å². The first-order valence-electron chi connectivity index (χ1n) is 11.6. The van der Waals surface area contributed by atoms with E-state index in [1.54, 1.807) is 0 Å². The molecule has 0 amide bonds. The lowest BCUT2D eigenvalue weighted by Gasteiger charge is -2.39. The van der Waals surface area contributed by atoms with Crippen molar-refractivity contribution in [2.75, 3.05) is 37.3 Å². The van der Waals surface area contributed by atoms with Crippen molar-refractivity contribution in [2.45, 2.75) is 77.8 Å². The molecule has 0 spiro atoms. The predicted octanol–water partition coefficient (Wildman–Crippen LogP) is 4.13. The normalized spacial score (nSPS) is 23.8. The Morgan fingerprint density at radius 3 is 1.88 bits per heavy atom. The van der Waals surface area contributed by atoms with Crippen molar-refractivity contribution in [2.24, 2.45) is 4.03 Å². The third-order valence-corrected chi connectivity index (χ3v) is 15.9. The van der Waals surface area contributed by atoms with Crippen molar-refractivity contribution < 1.29 is 13.5 Å². The molecule has 2 fully saturated rings. The molecule has 2 saturated heterocycles. The minimum atomic E-state index is -2.36. The number of hydrogen-bond acceptors (Lipinski definition) is 5. The molecule has 6 nitrogen and oxygen atoms in total. The van der Waals surface area contributed by atoms with Gasteiger partial charge in [0.05, 0.1) is 21.1 Å². The van der Waals surface area contributed by atoms with Crippen LogP contribution >= 0.6 is 0 Å². The molecule has 9 heteroatoms. The van der Waals surface area contributed by atoms with E-state index in [4.69, 9.17) is 13.3 Å². The third kappa shape index (κ3) is 5.12. The smallest absolute Gasteiger partial charge is 0.399 e. The first-order valence-corrected chi connectivity index (χ1v) is 16.5. The zero-order chi connectivity index (χ0) is 24.2. The summed E-state index contributed by atoms with van der Waals surface area (Å²) in [4.78, 5) is 2.35. The maximum absolute atomic E-state index is 13.5. The van der Waals surface area contributed by atoms with Crippen molar-refractivity contribution in [3.05, 3.63) is 24.3 Å². The lowest BCUT2D eigenvalue weighted by Crippen LogP contribution is -2.49. The Morgan fingerprint density at radius 1 is 0.969 bits per heavy atom. The van der Waals surface area contributed by atoms with Gasteiger partial charge >= 0.3 is 7.12 Å². The van der Waals surface area contributed by atoms with Crippen LogP contribution in [0.15, 0.2) is 28.3 Å². The number of nitrogens with zero attached hydrogens (tertiary/aromatic N) is 3. The van der Waals surface area contributed by atoms with E-state index in [1.807, 2.05) is 6.26 Å². The van der Waals surface area contributed by atoms with Gasteiger partial charge in [-0.25, -0.2) is 8.51 Å². The van der Waals surface area contributed by atoms with Gasteiger partial charge in [0.15, 0.2) is 8.24 Å². The highest BCUT2D eigenvalue weighted by atomic mass is 32.2. The Hall–Kier alpha value is -0.868. The maximum Gasteiger partial charge on any atom is 0.494 e. The molecule has 180 valence electrons. The zero-order valence-electron chi connectivity index (χ0n) is 21.7. The van der Waals surface area contributed by atoms with E-state index >= 15 is 0 Å². The summed E-state index contributed by atoms with van der Waals surface area (Å²) in [5.41, 5.74) is 1.54. The minimum Gasteiger partial charge on any atom is -0.399 e. The van der Waals surface area contributed by atoms with Crippen LogP contribution in [0.2, 0.25) is 18.1 Å². The average Bonchev–Trinajstić information content (AvgIpc) is 2.88. The molecule has 0 saturated carbocycles. The van der Waals surface area contributed by atoms with Crippen LogP contribution in [0.1, 0.15) is 48.5 Å². The second-order valence-electron chi connectivity index (χ2n) is 11.8. The average molecular weight is 480 g/mol. The van der Waals surface area contributed by atoms with E-state index in [1.165, 1.54) is 5.69 Å². The lowest BCUT2D eigenvalue weighted by molar-refractivity contribution is 0.00578. The van der Waals surface area contributed by atoms with E-state index in [0.717, 1.165) is 31.6 Å². The zero-order valence-corrected chi connectivity index (χ0v) is 23.5. The number of hydrogen-bond donors (Lipinski definition) is 0. The molecule has 0 bridgehead atoms. The van der Waals surface area contributed by atoms with Gasteiger partial charge in [-0.3, -0.25) is 4.03 Å². The summed E-state index contributed by atoms with van der Waals surface area (Å²) in [5.74, 6) is 0. The van der Waals surface area contributed by atoms with Crippen LogP contribution in [0.3, 0.4) is 0 Å². The van der Waals surface area contributed by atoms with Gasteiger partial charge in [-0.1, -0.05) is 32.9 Å². The van der Waals surface area contributed by atoms with Gasteiger partial charge < -0.3 is 14.2 Å². The molecular weight excluding hydrogens is 437 g/mol. The molecule has 1 atom stereocenters. The van der Waals surface area contributed by atoms with E-state index in [2.05, 4.69) is 95.0 Å². The van der Waals surface area contributed by atoms with Crippen LogP contribution in [0.4, 0.5) is 5.69 Å². The van der Waals surface area contributed by atoms with Crippen molar-refractivity contribution in [3.8, 4) is 0 Å². The van der Waals surface area contributed by atoms with E-state index in [9.17, 15) is 4.21 Å². The second-order valence-corrected chi connectivity index (χ2v) is 19.1. The van der Waals surface area contributed by atoms with Crippen molar-refractivity contribution in [1.29, 1.82) is 0 Å². The molecule has 1 unspecified atom stereocenters. The molecule has 0 radical (unpaired) electrons. The fourth-order valence-corrected chi connectivity index (χ4v) is 9.51. The molecule has 2 aliphatic rings. The van der Waals surface area contributed by atoms with Crippen LogP contribution in [-0.2, 0) is 19.2 Å². The molecule has 3 rings (SSSR count). The molecule has 2 heterocycles. The largest absolute Gasteiger partial charge is 0.494 e. The van der Waals surface area contributed by atoms with Crippen molar-refractivity contribution in [3.63, 3.8) is 0 Å². The molecule has 1 aromatic rings. The maximum atomic E-state index is 13.5. The Kier molecular flexibility index (Phi) is 6.77. The summed E-state index contributed by atoms with van der Waals surface area (Å²) in [6, 6.07) is 8.47. The molecule has 0 N–H and O–H groups in total. The van der Waals surface area contributed by atoms with E-state index in [-0.39, 0.29) is 23.4 Å². The molecule has 2 aliphatic heterocycles. The lowest BCUT2D eigenvalue weighted by atomic mass is 9.79. The minimum absolute atomic E-state index is 0.0897. The molecular formula is C23H42BN3O3SSi. The summed E-state index contributed by atoms with van der Waals surface area (Å²) in [6.07, 6.45) is 1.82. The molecule has 0 aromatic heterocycles. The van der Waals surface area contributed by atoms with Gasteiger partial charge in [0.25, 0.3) is 0 Å². The fourth-order valence-electron chi connectivity index (χ4n) is 3.72. The third-order valence-electron chi connectivity index (χ3n) is 7.73. The van der Waals surface area contributed by atoms with E-state index in [0.29, 0.717) is 0 Å². The topological polar surface area (TPSA) is 54.4 Å². The van der Waals surface area contributed by atoms with Crippen LogP contribution in [-0.4, -0.2) is 67.5 Å². The van der Waals surface area contributed by atoms with Crippen molar-refractivity contribution in [1.82, 2.24) is 4.31 Å². The summed E-state index contributed by atoms with van der Waals surface area (Å²) < 4.78 is 32.9. The van der Waals surface area contributed by atoms with Crippen LogP contribution in [0.5, 0.6) is 0 Å². The van der Waals surface area contributed by atoms with Crippen LogP contribution in [0, 0.1) is 0 Å². The van der Waals surface area contributed by atoms with Gasteiger partial charge in [-0.2, -0.15) is 0 Å². The highest BCUT2D eigenvalue weighted by Crippen LogP contribution is 2.38. The monoisotopic (exact) mass is 479 g/mol. The van der Waals surface area contributed by atoms with Gasteiger partial charge in [-0.15, -0.1) is 0 Å². The molecule has 32 heavy (non-hydrogen) atoms. The van der Waals surface area contributed by atoms with Gasteiger partial charge in [0.2, 0.25) is 0 Å². The van der Waals surface area contributed by atoms with Crippen LogP contribution in [0.25, 0.3) is 0 Å². The first-order chi connectivity index (χ1) is 14.5. The fraction of sp³-hybridized carbons (Fsp3) is 0.739. The Labute approximate surface area is 197 Å². The quantitative estimate of drug-likeness (QED) is 0.610. The number of anilines is 1. The Bertz CT molecular complexity index is 926. The van der Waals surface area contributed by atoms with Crippen LogP contribution < -0.4 is 10.4 Å². The van der Waals surface area contributed by atoms with Crippen molar-refractivity contribution >= 4 is 36.4 Å². The van der Waals surface area contributed by atoms with Gasteiger partial charge in [0.1, 0.15) is 0 Å². The Balaban J connectivity index is 1.65. The number of piperazine rings is 1.